The molecule has 1 N–H and O–H groups in total. The van der Waals surface area contributed by atoms with E-state index >= 15 is 0 Å². The number of likely N-dealkylation sites (tertiary alicyclic amines) is 1. The molecule has 1 fully saturated rings. The summed E-state index contributed by atoms with van der Waals surface area (Å²) in [6, 6.07) is 0.727. The number of methoxy groups -OCH3 is 1. The van der Waals surface area contributed by atoms with E-state index in [1.165, 1.54) is 7.11 Å². The van der Waals surface area contributed by atoms with Gasteiger partial charge in [-0.2, -0.15) is 0 Å². The van der Waals surface area contributed by atoms with Crippen molar-refractivity contribution in [2.45, 2.75) is 32.9 Å². The molecule has 1 aliphatic rings. The zero-order valence-electron chi connectivity index (χ0n) is 10.1. The lowest BCUT2D eigenvalue weighted by Crippen LogP contribution is -2.40. The Morgan fingerprint density at radius 1 is 1.53 bits per heavy atom. The van der Waals surface area contributed by atoms with Crippen LogP contribution in [-0.4, -0.2) is 49.7 Å². The van der Waals surface area contributed by atoms with E-state index < -0.39 is 0 Å². The van der Waals surface area contributed by atoms with Crippen molar-refractivity contribution in [3.63, 3.8) is 0 Å². The third-order valence-electron chi connectivity index (χ3n) is 3.05. The van der Waals surface area contributed by atoms with E-state index in [-0.39, 0.29) is 17.9 Å². The molecule has 4 heteroatoms. The van der Waals surface area contributed by atoms with Gasteiger partial charge in [0.2, 0.25) is 0 Å². The summed E-state index contributed by atoms with van der Waals surface area (Å²) in [5.41, 5.74) is 0. The second kappa shape index (κ2) is 5.47. The first kappa shape index (κ1) is 12.5. The summed E-state index contributed by atoms with van der Waals surface area (Å²) in [6.45, 7) is 9.01. The minimum Gasteiger partial charge on any atom is -0.469 e. The molecular weight excluding hydrogens is 192 g/mol. The maximum absolute atomic E-state index is 11.6. The smallest absolute Gasteiger partial charge is 0.311 e. The molecule has 2 atom stereocenters. The third kappa shape index (κ3) is 2.92. The molecular formula is C11H22N2O2. The van der Waals surface area contributed by atoms with Crippen LogP contribution in [0, 0.1) is 5.92 Å². The summed E-state index contributed by atoms with van der Waals surface area (Å²) >= 11 is 0. The van der Waals surface area contributed by atoms with Gasteiger partial charge in [-0.1, -0.05) is 6.92 Å². The summed E-state index contributed by atoms with van der Waals surface area (Å²) in [6.07, 6.45) is 0. The Balaban J connectivity index is 2.63. The van der Waals surface area contributed by atoms with E-state index in [0.29, 0.717) is 6.04 Å². The van der Waals surface area contributed by atoms with E-state index in [1.807, 2.05) is 0 Å². The lowest BCUT2D eigenvalue weighted by molar-refractivity contribution is -0.145. The molecule has 15 heavy (non-hydrogen) atoms. The highest BCUT2D eigenvalue weighted by molar-refractivity contribution is 5.74. The average molecular weight is 214 g/mol. The van der Waals surface area contributed by atoms with Gasteiger partial charge in [0.05, 0.1) is 13.0 Å². The highest BCUT2D eigenvalue weighted by Gasteiger charge is 2.38. The predicted molar refractivity (Wildman–Crippen MR) is 59.7 cm³/mol. The standard InChI is InChI=1S/C11H22N2O2/c1-5-12-10-7-13(8(2)3)6-9(10)11(14)15-4/h8-10,12H,5-7H2,1-4H3. The molecule has 0 aromatic rings. The van der Waals surface area contributed by atoms with E-state index in [0.717, 1.165) is 19.6 Å². The summed E-state index contributed by atoms with van der Waals surface area (Å²) in [5, 5.41) is 3.35. The molecule has 0 aromatic heterocycles. The lowest BCUT2D eigenvalue weighted by atomic mass is 10.0. The summed E-state index contributed by atoms with van der Waals surface area (Å²) in [5.74, 6) is -0.110. The van der Waals surface area contributed by atoms with Crippen molar-refractivity contribution in [3.05, 3.63) is 0 Å². The molecule has 0 bridgehead atoms. The van der Waals surface area contributed by atoms with Crippen LogP contribution in [0.1, 0.15) is 20.8 Å². The van der Waals surface area contributed by atoms with Gasteiger partial charge >= 0.3 is 5.97 Å². The van der Waals surface area contributed by atoms with Crippen LogP contribution in [0.2, 0.25) is 0 Å². The highest BCUT2D eigenvalue weighted by atomic mass is 16.5. The van der Waals surface area contributed by atoms with Crippen LogP contribution in [0.25, 0.3) is 0 Å². The van der Waals surface area contributed by atoms with E-state index in [4.69, 9.17) is 4.74 Å². The number of ether oxygens (including phenoxy) is 1. The molecule has 2 unspecified atom stereocenters. The van der Waals surface area contributed by atoms with Crippen LogP contribution in [-0.2, 0) is 9.53 Å². The number of carbonyl (C=O) groups excluding carboxylic acids is 1. The van der Waals surface area contributed by atoms with Crippen molar-refractivity contribution < 1.29 is 9.53 Å². The van der Waals surface area contributed by atoms with Crippen molar-refractivity contribution in [1.29, 1.82) is 0 Å². The molecule has 1 heterocycles. The second-order valence-corrected chi connectivity index (χ2v) is 4.34. The Morgan fingerprint density at radius 3 is 2.67 bits per heavy atom. The number of hydrogen-bond acceptors (Lipinski definition) is 4. The summed E-state index contributed by atoms with van der Waals surface area (Å²) in [4.78, 5) is 13.9. The van der Waals surface area contributed by atoms with Gasteiger partial charge in [-0.3, -0.25) is 9.69 Å². The van der Waals surface area contributed by atoms with Gasteiger partial charge in [0.1, 0.15) is 0 Å². The largest absolute Gasteiger partial charge is 0.469 e. The Labute approximate surface area is 92.0 Å². The Morgan fingerprint density at radius 2 is 2.20 bits per heavy atom. The molecule has 1 rings (SSSR count). The molecule has 0 amide bonds. The fourth-order valence-corrected chi connectivity index (χ4v) is 2.12. The third-order valence-corrected chi connectivity index (χ3v) is 3.05. The molecule has 0 spiro atoms. The Kier molecular flexibility index (Phi) is 4.54. The Hall–Kier alpha value is -0.610. The van der Waals surface area contributed by atoms with Crippen molar-refractivity contribution in [2.75, 3.05) is 26.7 Å². The van der Waals surface area contributed by atoms with Crippen LogP contribution < -0.4 is 5.32 Å². The second-order valence-electron chi connectivity index (χ2n) is 4.34. The number of hydrogen-bond donors (Lipinski definition) is 1. The molecule has 0 aliphatic carbocycles. The first-order valence-electron chi connectivity index (χ1n) is 5.65. The van der Waals surface area contributed by atoms with Gasteiger partial charge in [0.25, 0.3) is 0 Å². The molecule has 0 radical (unpaired) electrons. The summed E-state index contributed by atoms with van der Waals surface area (Å²) in [7, 11) is 1.46. The number of esters is 1. The number of carbonyl (C=O) groups is 1. The zero-order valence-corrected chi connectivity index (χ0v) is 10.1. The first-order valence-corrected chi connectivity index (χ1v) is 5.65. The SMILES string of the molecule is CCNC1CN(C(C)C)CC1C(=O)OC. The monoisotopic (exact) mass is 214 g/mol. The Bertz CT molecular complexity index is 219. The molecule has 0 aromatic carbocycles. The van der Waals surface area contributed by atoms with Gasteiger partial charge in [0.15, 0.2) is 0 Å². The van der Waals surface area contributed by atoms with E-state index in [1.54, 1.807) is 0 Å². The topological polar surface area (TPSA) is 41.6 Å². The summed E-state index contributed by atoms with van der Waals surface area (Å²) < 4.78 is 4.83. The van der Waals surface area contributed by atoms with Crippen LogP contribution >= 0.6 is 0 Å². The van der Waals surface area contributed by atoms with Crippen LogP contribution in [0.5, 0.6) is 0 Å². The zero-order chi connectivity index (χ0) is 11.4. The molecule has 88 valence electrons. The van der Waals surface area contributed by atoms with Gasteiger partial charge in [-0.25, -0.2) is 0 Å². The van der Waals surface area contributed by atoms with Crippen LogP contribution in [0.3, 0.4) is 0 Å². The fraction of sp³-hybridized carbons (Fsp3) is 0.909. The first-order chi connectivity index (χ1) is 7.10. The normalized spacial score (nSPS) is 27.3. The van der Waals surface area contributed by atoms with E-state index in [2.05, 4.69) is 31.0 Å². The fourth-order valence-electron chi connectivity index (χ4n) is 2.12. The number of nitrogens with zero attached hydrogens (tertiary/aromatic N) is 1. The van der Waals surface area contributed by atoms with Gasteiger partial charge in [-0.05, 0) is 20.4 Å². The molecule has 1 saturated heterocycles. The molecule has 1 aliphatic heterocycles. The average Bonchev–Trinajstić information content (AvgIpc) is 2.61. The van der Waals surface area contributed by atoms with Gasteiger partial charge in [0, 0.05) is 25.2 Å². The molecule has 0 saturated carbocycles. The van der Waals surface area contributed by atoms with Crippen molar-refractivity contribution in [3.8, 4) is 0 Å². The van der Waals surface area contributed by atoms with Crippen molar-refractivity contribution >= 4 is 5.97 Å². The minimum absolute atomic E-state index is 0.0163. The van der Waals surface area contributed by atoms with Gasteiger partial charge in [-0.15, -0.1) is 0 Å². The number of nitrogens with one attached hydrogen (secondary N) is 1. The van der Waals surface area contributed by atoms with Crippen LogP contribution in [0.15, 0.2) is 0 Å². The highest BCUT2D eigenvalue weighted by Crippen LogP contribution is 2.20. The number of rotatable bonds is 4. The maximum atomic E-state index is 11.6. The minimum atomic E-state index is -0.0934. The van der Waals surface area contributed by atoms with Crippen molar-refractivity contribution in [1.82, 2.24) is 10.2 Å². The van der Waals surface area contributed by atoms with Crippen molar-refractivity contribution in [2.24, 2.45) is 5.92 Å². The lowest BCUT2D eigenvalue weighted by Gasteiger charge is -2.19. The maximum Gasteiger partial charge on any atom is 0.311 e. The predicted octanol–water partition coefficient (Wildman–Crippen LogP) is 0.478. The van der Waals surface area contributed by atoms with E-state index in [9.17, 15) is 4.79 Å². The van der Waals surface area contributed by atoms with Crippen LogP contribution in [0.4, 0.5) is 0 Å². The van der Waals surface area contributed by atoms with Gasteiger partial charge < -0.3 is 10.1 Å². The number of likely N-dealkylation sites (N-methyl/N-ethyl adjacent to an activating group) is 1. The quantitative estimate of drug-likeness (QED) is 0.691. The molecule has 4 nitrogen and oxygen atoms in total.